The van der Waals surface area contributed by atoms with Gasteiger partial charge in [-0.1, -0.05) is 13.8 Å². The molecule has 0 aliphatic carbocycles. The summed E-state index contributed by atoms with van der Waals surface area (Å²) < 4.78 is 0. The molecule has 0 spiro atoms. The normalized spacial score (nSPS) is 12.9. The molecule has 0 heterocycles. The fourth-order valence-electron chi connectivity index (χ4n) is 0.779. The minimum absolute atomic E-state index is 0.0457. The van der Waals surface area contributed by atoms with Gasteiger partial charge in [-0.05, 0) is 6.72 Å². The monoisotopic (exact) mass is 155 g/mol. The Kier molecular flexibility index (Phi) is 3.82. The molecular weight excluding hydrogens is 138 g/mol. The second-order valence-corrected chi connectivity index (χ2v) is 3.06. The second kappa shape index (κ2) is 4.13. The number of nitrogens with zero attached hydrogens (tertiary/aromatic N) is 1. The van der Waals surface area contributed by atoms with Gasteiger partial charge in [0.15, 0.2) is 0 Å². The van der Waals surface area contributed by atoms with Crippen molar-refractivity contribution in [2.45, 2.75) is 13.8 Å². The van der Waals surface area contributed by atoms with Crippen molar-refractivity contribution >= 4 is 6.72 Å². The molecule has 0 aromatic rings. The molecule has 0 saturated heterocycles. The molecule has 64 valence electrons. The average molecular weight is 155 g/mol. The van der Waals surface area contributed by atoms with Crippen LogP contribution in [0, 0.1) is 5.41 Å². The number of aliphatic imine (C=N–C) groups is 1. The van der Waals surface area contributed by atoms with Crippen LogP contribution in [-0.4, -0.2) is 20.3 Å². The van der Waals surface area contributed by atoms with Crippen LogP contribution in [0.5, 0.6) is 0 Å². The third-order valence-corrected chi connectivity index (χ3v) is 1.73. The Labute approximate surface area is 68.4 Å². The molecule has 0 aliphatic rings. The van der Waals surface area contributed by atoms with Crippen LogP contribution in [0.15, 0.2) is 16.9 Å². The van der Waals surface area contributed by atoms with Gasteiger partial charge < -0.3 is 11.1 Å². The van der Waals surface area contributed by atoms with Crippen molar-refractivity contribution in [2.75, 3.05) is 13.6 Å². The third kappa shape index (κ3) is 2.72. The smallest absolute Gasteiger partial charge is 0.0456 e. The summed E-state index contributed by atoms with van der Waals surface area (Å²) >= 11 is 0. The maximum absolute atomic E-state index is 5.57. The second-order valence-electron chi connectivity index (χ2n) is 3.06. The zero-order valence-corrected chi connectivity index (χ0v) is 7.52. The van der Waals surface area contributed by atoms with Gasteiger partial charge in [0.05, 0.1) is 0 Å². The Morgan fingerprint density at radius 3 is 2.55 bits per heavy atom. The molecule has 0 unspecified atom stereocenters. The first kappa shape index (κ1) is 10.2. The highest BCUT2D eigenvalue weighted by molar-refractivity contribution is 5.27. The maximum Gasteiger partial charge on any atom is 0.0456 e. The summed E-state index contributed by atoms with van der Waals surface area (Å²) in [6.07, 6.45) is 1.70. The van der Waals surface area contributed by atoms with Crippen LogP contribution in [0.4, 0.5) is 0 Å². The van der Waals surface area contributed by atoms with Crippen LogP contribution < -0.4 is 11.1 Å². The molecule has 0 bridgehead atoms. The van der Waals surface area contributed by atoms with E-state index in [0.717, 1.165) is 5.70 Å². The molecule has 0 radical (unpaired) electrons. The van der Waals surface area contributed by atoms with Crippen LogP contribution in [0.3, 0.4) is 0 Å². The van der Waals surface area contributed by atoms with E-state index in [9.17, 15) is 0 Å². The Morgan fingerprint density at radius 2 is 2.27 bits per heavy atom. The average Bonchev–Trinajstić information content (AvgIpc) is 2.00. The van der Waals surface area contributed by atoms with Crippen molar-refractivity contribution in [1.82, 2.24) is 5.32 Å². The highest BCUT2D eigenvalue weighted by Gasteiger charge is 2.19. The highest BCUT2D eigenvalue weighted by atomic mass is 14.9. The van der Waals surface area contributed by atoms with Gasteiger partial charge in [-0.15, -0.1) is 0 Å². The number of nitrogens with one attached hydrogen (secondary N) is 1. The molecule has 0 fully saturated rings. The van der Waals surface area contributed by atoms with Crippen LogP contribution >= 0.6 is 0 Å². The van der Waals surface area contributed by atoms with Gasteiger partial charge in [-0.2, -0.15) is 0 Å². The first-order chi connectivity index (χ1) is 5.08. The summed E-state index contributed by atoms with van der Waals surface area (Å²) in [6.45, 7) is 8.09. The number of rotatable bonds is 4. The van der Waals surface area contributed by atoms with Gasteiger partial charge >= 0.3 is 0 Å². The standard InChI is InChI=1S/C8H17N3/c1-8(2,6-9)7(11-4)5-10-3/h5,11H,3,6,9H2,1-2,4H3/b7-5-. The Balaban J connectivity index is 4.48. The number of hydrogen-bond donors (Lipinski definition) is 2. The van der Waals surface area contributed by atoms with Crippen LogP contribution in [0.25, 0.3) is 0 Å². The Hall–Kier alpha value is -0.830. The predicted octanol–water partition coefficient (Wildman–Crippen LogP) is 0.733. The van der Waals surface area contributed by atoms with Gasteiger partial charge in [0.1, 0.15) is 0 Å². The minimum Gasteiger partial charge on any atom is -0.390 e. The van der Waals surface area contributed by atoms with Crippen LogP contribution in [-0.2, 0) is 0 Å². The van der Waals surface area contributed by atoms with E-state index in [2.05, 4.69) is 30.9 Å². The summed E-state index contributed by atoms with van der Waals surface area (Å²) in [7, 11) is 1.86. The molecule has 0 rings (SSSR count). The largest absolute Gasteiger partial charge is 0.390 e. The van der Waals surface area contributed by atoms with E-state index in [1.165, 1.54) is 0 Å². The predicted molar refractivity (Wildman–Crippen MR) is 49.5 cm³/mol. The zero-order valence-electron chi connectivity index (χ0n) is 7.52. The van der Waals surface area contributed by atoms with Gasteiger partial charge in [0, 0.05) is 30.9 Å². The quantitative estimate of drug-likeness (QED) is 0.588. The fourth-order valence-corrected chi connectivity index (χ4v) is 0.779. The van der Waals surface area contributed by atoms with Crippen molar-refractivity contribution in [3.63, 3.8) is 0 Å². The summed E-state index contributed by atoms with van der Waals surface area (Å²) in [4.78, 5) is 3.69. The summed E-state index contributed by atoms with van der Waals surface area (Å²) in [5.74, 6) is 0. The lowest BCUT2D eigenvalue weighted by molar-refractivity contribution is 0.433. The van der Waals surface area contributed by atoms with Crippen molar-refractivity contribution in [3.05, 3.63) is 11.9 Å². The summed E-state index contributed by atoms with van der Waals surface area (Å²) in [5, 5.41) is 3.04. The lowest BCUT2D eigenvalue weighted by Gasteiger charge is -2.25. The van der Waals surface area contributed by atoms with Crippen LogP contribution in [0.1, 0.15) is 13.8 Å². The van der Waals surface area contributed by atoms with Crippen molar-refractivity contribution in [3.8, 4) is 0 Å². The lowest BCUT2D eigenvalue weighted by Crippen LogP contribution is -2.31. The molecule has 3 N–H and O–H groups in total. The van der Waals surface area contributed by atoms with Crippen molar-refractivity contribution in [2.24, 2.45) is 16.1 Å². The van der Waals surface area contributed by atoms with E-state index in [1.807, 2.05) is 7.05 Å². The lowest BCUT2D eigenvalue weighted by atomic mass is 9.90. The first-order valence-electron chi connectivity index (χ1n) is 3.62. The van der Waals surface area contributed by atoms with Gasteiger partial charge in [-0.3, -0.25) is 4.99 Å². The molecule has 11 heavy (non-hydrogen) atoms. The molecule has 3 nitrogen and oxygen atoms in total. The van der Waals surface area contributed by atoms with Crippen molar-refractivity contribution < 1.29 is 0 Å². The van der Waals surface area contributed by atoms with Gasteiger partial charge in [-0.25, -0.2) is 0 Å². The summed E-state index contributed by atoms with van der Waals surface area (Å²) in [5.41, 5.74) is 6.53. The summed E-state index contributed by atoms with van der Waals surface area (Å²) in [6, 6.07) is 0. The molecule has 3 heteroatoms. The van der Waals surface area contributed by atoms with E-state index >= 15 is 0 Å². The maximum atomic E-state index is 5.57. The Bertz CT molecular complexity index is 159. The van der Waals surface area contributed by atoms with E-state index < -0.39 is 0 Å². The van der Waals surface area contributed by atoms with E-state index in [0.29, 0.717) is 6.54 Å². The first-order valence-corrected chi connectivity index (χ1v) is 3.62. The fraction of sp³-hybridized carbons (Fsp3) is 0.625. The molecule has 0 aromatic carbocycles. The zero-order chi connectivity index (χ0) is 8.91. The number of nitrogens with two attached hydrogens (primary N) is 1. The minimum atomic E-state index is -0.0457. The van der Waals surface area contributed by atoms with E-state index in [4.69, 9.17) is 5.73 Å². The highest BCUT2D eigenvalue weighted by Crippen LogP contribution is 2.21. The molecule has 0 atom stereocenters. The molecule has 0 aliphatic heterocycles. The van der Waals surface area contributed by atoms with Crippen molar-refractivity contribution in [1.29, 1.82) is 0 Å². The number of hydrogen-bond acceptors (Lipinski definition) is 3. The van der Waals surface area contributed by atoms with Gasteiger partial charge in [0.2, 0.25) is 0 Å². The van der Waals surface area contributed by atoms with Gasteiger partial charge in [0.25, 0.3) is 0 Å². The SMILES string of the molecule is C=N/C=C(\NC)C(C)(C)CN. The van der Waals surface area contributed by atoms with E-state index in [1.54, 1.807) is 6.20 Å². The topological polar surface area (TPSA) is 50.4 Å². The Morgan fingerprint density at radius 1 is 1.73 bits per heavy atom. The molecule has 0 saturated carbocycles. The third-order valence-electron chi connectivity index (χ3n) is 1.73. The van der Waals surface area contributed by atoms with Crippen LogP contribution in [0.2, 0.25) is 0 Å². The van der Waals surface area contributed by atoms with E-state index in [-0.39, 0.29) is 5.41 Å². The molecule has 0 aromatic heterocycles. The molecular formula is C8H17N3. The molecule has 0 amide bonds.